The minimum Gasteiger partial charge on any atom is -0.392 e. The van der Waals surface area contributed by atoms with Crippen molar-refractivity contribution in [3.63, 3.8) is 0 Å². The number of nitrogens with zero attached hydrogens (tertiary/aromatic N) is 1. The number of aliphatic hydroxyl groups is 1. The van der Waals surface area contributed by atoms with Crippen molar-refractivity contribution in [3.05, 3.63) is 28.8 Å². The number of aryl methyl sites for hydroxylation is 3. The van der Waals surface area contributed by atoms with E-state index in [2.05, 4.69) is 24.4 Å². The van der Waals surface area contributed by atoms with Gasteiger partial charge in [-0.1, -0.05) is 24.1 Å². The van der Waals surface area contributed by atoms with Crippen LogP contribution >= 0.6 is 0 Å². The van der Waals surface area contributed by atoms with Crippen molar-refractivity contribution in [2.24, 2.45) is 5.41 Å². The van der Waals surface area contributed by atoms with Crippen molar-refractivity contribution in [3.8, 4) is 0 Å². The highest BCUT2D eigenvalue weighted by atomic mass is 16.3. The van der Waals surface area contributed by atoms with Crippen LogP contribution in [0.1, 0.15) is 48.8 Å². The molecule has 0 aromatic heterocycles. The average molecular weight is 316 g/mol. The second kappa shape index (κ2) is 6.16. The lowest BCUT2D eigenvalue weighted by molar-refractivity contribution is 0.00400. The lowest BCUT2D eigenvalue weighted by Gasteiger charge is -2.42. The third kappa shape index (κ3) is 3.09. The van der Waals surface area contributed by atoms with Gasteiger partial charge in [-0.3, -0.25) is 0 Å². The van der Waals surface area contributed by atoms with Gasteiger partial charge in [0, 0.05) is 24.2 Å². The van der Waals surface area contributed by atoms with Gasteiger partial charge in [-0.2, -0.15) is 0 Å². The van der Waals surface area contributed by atoms with Crippen LogP contribution in [0.4, 0.5) is 10.5 Å². The zero-order valence-corrected chi connectivity index (χ0v) is 14.5. The molecule has 2 aliphatic rings. The molecule has 1 saturated carbocycles. The molecule has 23 heavy (non-hydrogen) atoms. The summed E-state index contributed by atoms with van der Waals surface area (Å²) >= 11 is 0. The van der Waals surface area contributed by atoms with Crippen molar-refractivity contribution >= 4 is 11.7 Å². The Morgan fingerprint density at radius 2 is 1.87 bits per heavy atom. The van der Waals surface area contributed by atoms with E-state index in [1.165, 1.54) is 5.56 Å². The number of carbonyl (C=O) groups excluding carboxylic acids is 1. The van der Waals surface area contributed by atoms with Gasteiger partial charge in [-0.15, -0.1) is 0 Å². The van der Waals surface area contributed by atoms with Crippen LogP contribution in [0.2, 0.25) is 0 Å². The van der Waals surface area contributed by atoms with Gasteiger partial charge in [0.05, 0.1) is 6.10 Å². The van der Waals surface area contributed by atoms with Crippen LogP contribution in [0.25, 0.3) is 0 Å². The van der Waals surface area contributed by atoms with Crippen LogP contribution in [0.15, 0.2) is 12.1 Å². The minimum atomic E-state index is -0.249. The van der Waals surface area contributed by atoms with Gasteiger partial charge in [0.25, 0.3) is 0 Å². The first kappa shape index (κ1) is 16.3. The lowest BCUT2D eigenvalue weighted by Crippen LogP contribution is -2.50. The molecule has 2 fully saturated rings. The molecule has 4 nitrogen and oxygen atoms in total. The number of carbonyl (C=O) groups is 1. The number of rotatable bonds is 1. The number of piperidine rings is 1. The van der Waals surface area contributed by atoms with Gasteiger partial charge in [0.2, 0.25) is 0 Å². The van der Waals surface area contributed by atoms with E-state index in [0.717, 1.165) is 55.5 Å². The standard InChI is InChI=1S/C19H28N2O2/c1-13-10-14(2)17(15(3)11-13)20-18(23)21-9-5-8-19(12-21)7-4-6-16(19)22/h10-11,16,22H,4-9,12H2,1-3H3,(H,20,23)/t16-,19-/m1/s1. The smallest absolute Gasteiger partial charge is 0.321 e. The molecular weight excluding hydrogens is 288 g/mol. The van der Waals surface area contributed by atoms with E-state index in [4.69, 9.17) is 0 Å². The van der Waals surface area contributed by atoms with Crippen molar-refractivity contribution in [1.29, 1.82) is 0 Å². The van der Waals surface area contributed by atoms with E-state index in [0.29, 0.717) is 6.54 Å². The van der Waals surface area contributed by atoms with E-state index >= 15 is 0 Å². The fourth-order valence-electron chi connectivity index (χ4n) is 4.49. The van der Waals surface area contributed by atoms with E-state index in [9.17, 15) is 9.90 Å². The first-order valence-corrected chi connectivity index (χ1v) is 8.73. The van der Waals surface area contributed by atoms with E-state index in [1.807, 2.05) is 18.7 Å². The highest BCUT2D eigenvalue weighted by molar-refractivity contribution is 5.91. The number of amides is 2. The van der Waals surface area contributed by atoms with Crippen LogP contribution in [-0.4, -0.2) is 35.2 Å². The maximum absolute atomic E-state index is 12.7. The summed E-state index contributed by atoms with van der Waals surface area (Å²) in [5.74, 6) is 0. The fourth-order valence-corrected chi connectivity index (χ4v) is 4.49. The maximum Gasteiger partial charge on any atom is 0.321 e. The number of aliphatic hydroxyl groups excluding tert-OH is 1. The van der Waals surface area contributed by atoms with Crippen molar-refractivity contribution < 1.29 is 9.90 Å². The SMILES string of the molecule is Cc1cc(C)c(NC(=O)N2CCC[C@]3(CCC[C@H]3O)C2)c(C)c1. The first-order valence-electron chi connectivity index (χ1n) is 8.73. The molecule has 1 aliphatic heterocycles. The first-order chi connectivity index (χ1) is 10.9. The highest BCUT2D eigenvalue weighted by Crippen LogP contribution is 2.45. The van der Waals surface area contributed by atoms with E-state index in [1.54, 1.807) is 0 Å². The second-order valence-electron chi connectivity index (χ2n) is 7.50. The van der Waals surface area contributed by atoms with Gasteiger partial charge in [-0.05, 0) is 57.6 Å². The van der Waals surface area contributed by atoms with Gasteiger partial charge in [0.15, 0.2) is 0 Å². The summed E-state index contributed by atoms with van der Waals surface area (Å²) in [5.41, 5.74) is 4.27. The third-order valence-electron chi connectivity index (χ3n) is 5.66. The number of urea groups is 1. The van der Waals surface area contributed by atoms with Gasteiger partial charge in [0.1, 0.15) is 0 Å². The number of nitrogens with one attached hydrogen (secondary N) is 1. The van der Waals surface area contributed by atoms with Crippen LogP contribution in [0.3, 0.4) is 0 Å². The topological polar surface area (TPSA) is 52.6 Å². The summed E-state index contributed by atoms with van der Waals surface area (Å²) in [6.45, 7) is 7.61. The van der Waals surface area contributed by atoms with Crippen molar-refractivity contribution in [1.82, 2.24) is 4.90 Å². The molecule has 2 amide bonds. The monoisotopic (exact) mass is 316 g/mol. The van der Waals surface area contributed by atoms with Gasteiger partial charge >= 0.3 is 6.03 Å². The summed E-state index contributed by atoms with van der Waals surface area (Å²) in [6, 6.07) is 4.17. The number of likely N-dealkylation sites (tertiary alicyclic amines) is 1. The van der Waals surface area contributed by atoms with Crippen molar-refractivity contribution in [2.75, 3.05) is 18.4 Å². The molecule has 3 rings (SSSR count). The van der Waals surface area contributed by atoms with Crippen LogP contribution in [0.5, 0.6) is 0 Å². The Balaban J connectivity index is 1.74. The molecule has 2 N–H and O–H groups in total. The molecule has 0 bridgehead atoms. The third-order valence-corrected chi connectivity index (χ3v) is 5.66. The molecule has 126 valence electrons. The van der Waals surface area contributed by atoms with Gasteiger partial charge in [-0.25, -0.2) is 4.79 Å². The summed E-state index contributed by atoms with van der Waals surface area (Å²) in [5, 5.41) is 13.5. The summed E-state index contributed by atoms with van der Waals surface area (Å²) in [4.78, 5) is 14.6. The van der Waals surface area contributed by atoms with E-state index < -0.39 is 0 Å². The minimum absolute atomic E-state index is 0.0294. The van der Waals surface area contributed by atoms with Crippen LogP contribution in [-0.2, 0) is 0 Å². The number of hydrogen-bond donors (Lipinski definition) is 2. The Morgan fingerprint density at radius 3 is 2.48 bits per heavy atom. The van der Waals surface area contributed by atoms with Crippen LogP contribution < -0.4 is 5.32 Å². The average Bonchev–Trinajstić information content (AvgIpc) is 2.83. The normalized spacial score (nSPS) is 27.5. The molecule has 2 atom stereocenters. The Bertz CT molecular complexity index is 590. The fraction of sp³-hybridized carbons (Fsp3) is 0.632. The molecule has 1 aliphatic carbocycles. The molecule has 1 aromatic carbocycles. The predicted octanol–water partition coefficient (Wildman–Crippen LogP) is 3.77. The predicted molar refractivity (Wildman–Crippen MR) is 92.8 cm³/mol. The second-order valence-corrected chi connectivity index (χ2v) is 7.50. The van der Waals surface area contributed by atoms with Crippen LogP contribution in [0, 0.1) is 26.2 Å². The Kier molecular flexibility index (Phi) is 4.37. The number of anilines is 1. The van der Waals surface area contributed by atoms with Gasteiger partial charge < -0.3 is 15.3 Å². The molecular formula is C19H28N2O2. The molecule has 0 unspecified atom stereocenters. The van der Waals surface area contributed by atoms with Crippen molar-refractivity contribution in [2.45, 2.75) is 59.0 Å². The lowest BCUT2D eigenvalue weighted by atomic mass is 9.77. The van der Waals surface area contributed by atoms with E-state index in [-0.39, 0.29) is 17.6 Å². The Labute approximate surface area is 138 Å². The molecule has 1 saturated heterocycles. The molecule has 1 heterocycles. The zero-order valence-electron chi connectivity index (χ0n) is 14.5. The summed E-state index contributed by atoms with van der Waals surface area (Å²) in [6.07, 6.45) is 4.77. The highest BCUT2D eigenvalue weighted by Gasteiger charge is 2.45. The largest absolute Gasteiger partial charge is 0.392 e. The maximum atomic E-state index is 12.7. The molecule has 4 heteroatoms. The molecule has 1 aromatic rings. The quantitative estimate of drug-likeness (QED) is 0.828. The zero-order chi connectivity index (χ0) is 16.6. The Morgan fingerprint density at radius 1 is 1.22 bits per heavy atom. The molecule has 1 spiro atoms. The summed E-state index contributed by atoms with van der Waals surface area (Å²) < 4.78 is 0. The number of benzene rings is 1. The Hall–Kier alpha value is -1.55. The summed E-state index contributed by atoms with van der Waals surface area (Å²) in [7, 11) is 0. The number of hydrogen-bond acceptors (Lipinski definition) is 2. The molecule has 0 radical (unpaired) electrons.